The lowest BCUT2D eigenvalue weighted by atomic mass is 9.90. The molecule has 4 heteroatoms. The molecule has 3 rings (SSSR count). The van der Waals surface area contributed by atoms with Crippen molar-refractivity contribution in [2.45, 2.75) is 24.8 Å². The van der Waals surface area contributed by atoms with Crippen LogP contribution in [0.25, 0.3) is 0 Å². The highest BCUT2D eigenvalue weighted by molar-refractivity contribution is 5.68. The third-order valence-electron chi connectivity index (χ3n) is 4.09. The number of carboxylic acid groups (broad SMARTS) is 1. The van der Waals surface area contributed by atoms with E-state index in [2.05, 4.69) is 48.6 Å². The maximum absolute atomic E-state index is 10.7. The van der Waals surface area contributed by atoms with Gasteiger partial charge in [-0.2, -0.15) is 0 Å². The first-order chi connectivity index (χ1) is 9.08. The van der Waals surface area contributed by atoms with E-state index < -0.39 is 6.09 Å². The van der Waals surface area contributed by atoms with Crippen LogP contribution in [0.2, 0.25) is 0 Å². The summed E-state index contributed by atoms with van der Waals surface area (Å²) in [5.74, 6) is 0.965. The second-order valence-electron chi connectivity index (χ2n) is 5.46. The Balaban J connectivity index is 2.04. The number of rotatable bonds is 3. The average Bonchev–Trinajstić information content (AvgIpc) is 2.96. The third kappa shape index (κ3) is 1.87. The van der Waals surface area contributed by atoms with E-state index in [1.54, 1.807) is 0 Å². The number of amides is 1. The summed E-state index contributed by atoms with van der Waals surface area (Å²) in [5, 5.41) is 11.2. The van der Waals surface area contributed by atoms with Gasteiger partial charge in [0.25, 0.3) is 0 Å². The molecule has 2 unspecified atom stereocenters. The fraction of sp³-hybridized carbons (Fsp3) is 0.400. The second kappa shape index (κ2) is 4.30. The van der Waals surface area contributed by atoms with Gasteiger partial charge < -0.3 is 15.3 Å². The molecular formula is C15H18N2O2. The van der Waals surface area contributed by atoms with Gasteiger partial charge in [0.2, 0.25) is 0 Å². The normalized spacial score (nSPS) is 22.4. The van der Waals surface area contributed by atoms with Gasteiger partial charge in [0.05, 0.1) is 0 Å². The molecule has 0 radical (unpaired) electrons. The molecule has 1 aromatic rings. The Bertz CT molecular complexity index is 564. The quantitative estimate of drug-likeness (QED) is 0.819. The summed E-state index contributed by atoms with van der Waals surface area (Å²) < 4.78 is 0. The van der Waals surface area contributed by atoms with E-state index in [1.165, 1.54) is 16.8 Å². The highest BCUT2D eigenvalue weighted by atomic mass is 16.4. The zero-order valence-corrected chi connectivity index (χ0v) is 11.2. The molecule has 0 spiro atoms. The van der Waals surface area contributed by atoms with Gasteiger partial charge in [0, 0.05) is 38.2 Å². The standard InChI is InChI=1S/C15H18N2O2/c1-17(2)12-6-5-11(8-16-15(18)19)13-9-3-4-10(7-9)14(12)13/h3-6,9-10,16H,7-8H2,1-2H3,(H,18,19). The van der Waals surface area contributed by atoms with Crippen LogP contribution in [0.5, 0.6) is 0 Å². The van der Waals surface area contributed by atoms with Gasteiger partial charge in [0.1, 0.15) is 0 Å². The lowest BCUT2D eigenvalue weighted by Crippen LogP contribution is -2.22. The fourth-order valence-corrected chi connectivity index (χ4v) is 3.34. The Morgan fingerprint density at radius 3 is 2.63 bits per heavy atom. The van der Waals surface area contributed by atoms with Crippen LogP contribution in [0.3, 0.4) is 0 Å². The van der Waals surface area contributed by atoms with Crippen LogP contribution in [-0.4, -0.2) is 25.3 Å². The lowest BCUT2D eigenvalue weighted by Gasteiger charge is -2.23. The van der Waals surface area contributed by atoms with Crippen molar-refractivity contribution in [3.8, 4) is 0 Å². The average molecular weight is 258 g/mol. The first-order valence-electron chi connectivity index (χ1n) is 6.56. The second-order valence-corrected chi connectivity index (χ2v) is 5.46. The van der Waals surface area contributed by atoms with Crippen LogP contribution in [0.4, 0.5) is 10.5 Å². The van der Waals surface area contributed by atoms with Crippen molar-refractivity contribution in [3.05, 3.63) is 41.0 Å². The Morgan fingerprint density at radius 1 is 1.32 bits per heavy atom. The summed E-state index contributed by atoms with van der Waals surface area (Å²) >= 11 is 0. The van der Waals surface area contributed by atoms with Gasteiger partial charge in [-0.05, 0) is 29.2 Å². The van der Waals surface area contributed by atoms with Crippen LogP contribution in [-0.2, 0) is 6.54 Å². The molecule has 2 aliphatic carbocycles. The number of hydrogen-bond donors (Lipinski definition) is 2. The third-order valence-corrected chi connectivity index (χ3v) is 4.09. The molecule has 0 saturated carbocycles. The largest absolute Gasteiger partial charge is 0.465 e. The molecule has 0 aromatic heterocycles. The first kappa shape index (κ1) is 12.1. The zero-order chi connectivity index (χ0) is 13.6. The predicted octanol–water partition coefficient (Wildman–Crippen LogP) is 2.66. The number of anilines is 1. The number of benzene rings is 1. The summed E-state index contributed by atoms with van der Waals surface area (Å²) in [6, 6.07) is 4.16. The molecule has 1 aromatic carbocycles. The van der Waals surface area contributed by atoms with E-state index in [0.717, 1.165) is 12.0 Å². The molecule has 2 bridgehead atoms. The van der Waals surface area contributed by atoms with Gasteiger partial charge in [0.15, 0.2) is 0 Å². The number of hydrogen-bond acceptors (Lipinski definition) is 2. The van der Waals surface area contributed by atoms with E-state index in [0.29, 0.717) is 18.4 Å². The van der Waals surface area contributed by atoms with Crippen molar-refractivity contribution in [1.29, 1.82) is 0 Å². The van der Waals surface area contributed by atoms with E-state index in [1.807, 2.05) is 0 Å². The predicted molar refractivity (Wildman–Crippen MR) is 74.9 cm³/mol. The number of fused-ring (bicyclic) bond motifs is 5. The minimum absolute atomic E-state index is 0.391. The summed E-state index contributed by atoms with van der Waals surface area (Å²) in [6.07, 6.45) is 4.72. The van der Waals surface area contributed by atoms with Crippen molar-refractivity contribution in [3.63, 3.8) is 0 Å². The lowest BCUT2D eigenvalue weighted by molar-refractivity contribution is 0.194. The van der Waals surface area contributed by atoms with Gasteiger partial charge in [-0.15, -0.1) is 0 Å². The van der Waals surface area contributed by atoms with Crippen molar-refractivity contribution in [2.75, 3.05) is 19.0 Å². The van der Waals surface area contributed by atoms with Gasteiger partial charge in [-0.3, -0.25) is 0 Å². The Hall–Kier alpha value is -1.97. The molecule has 0 saturated heterocycles. The van der Waals surface area contributed by atoms with Crippen LogP contribution in [0, 0.1) is 0 Å². The van der Waals surface area contributed by atoms with Gasteiger partial charge in [-0.1, -0.05) is 18.2 Å². The van der Waals surface area contributed by atoms with Crippen LogP contribution in [0.1, 0.15) is 34.9 Å². The van der Waals surface area contributed by atoms with Gasteiger partial charge >= 0.3 is 6.09 Å². The molecule has 100 valence electrons. The van der Waals surface area contributed by atoms with Crippen LogP contribution < -0.4 is 10.2 Å². The minimum atomic E-state index is -0.968. The maximum atomic E-state index is 10.7. The molecule has 0 fully saturated rings. The van der Waals surface area contributed by atoms with E-state index in [-0.39, 0.29) is 0 Å². The van der Waals surface area contributed by atoms with Crippen LogP contribution >= 0.6 is 0 Å². The topological polar surface area (TPSA) is 52.6 Å². The number of allylic oxidation sites excluding steroid dienone is 2. The molecule has 1 amide bonds. The zero-order valence-electron chi connectivity index (χ0n) is 11.2. The van der Waals surface area contributed by atoms with Crippen molar-refractivity contribution in [2.24, 2.45) is 0 Å². The fourth-order valence-electron chi connectivity index (χ4n) is 3.34. The molecule has 19 heavy (non-hydrogen) atoms. The Labute approximate surface area is 112 Å². The summed E-state index contributed by atoms with van der Waals surface area (Å²) in [7, 11) is 4.11. The summed E-state index contributed by atoms with van der Waals surface area (Å²) in [5.41, 5.74) is 5.10. The molecule has 0 heterocycles. The van der Waals surface area contributed by atoms with Crippen molar-refractivity contribution in [1.82, 2.24) is 5.32 Å². The monoisotopic (exact) mass is 258 g/mol. The number of carbonyl (C=O) groups is 1. The van der Waals surface area contributed by atoms with E-state index in [9.17, 15) is 4.79 Å². The maximum Gasteiger partial charge on any atom is 0.404 e. The van der Waals surface area contributed by atoms with E-state index >= 15 is 0 Å². The molecular weight excluding hydrogens is 240 g/mol. The van der Waals surface area contributed by atoms with Crippen LogP contribution in [0.15, 0.2) is 24.3 Å². The Kier molecular flexibility index (Phi) is 2.73. The molecule has 2 atom stereocenters. The molecule has 0 aliphatic heterocycles. The van der Waals surface area contributed by atoms with Crippen molar-refractivity contribution < 1.29 is 9.90 Å². The molecule has 2 aliphatic rings. The van der Waals surface area contributed by atoms with Crippen molar-refractivity contribution >= 4 is 11.8 Å². The molecule has 2 N–H and O–H groups in total. The first-order valence-corrected chi connectivity index (χ1v) is 6.56. The minimum Gasteiger partial charge on any atom is -0.465 e. The molecule has 4 nitrogen and oxygen atoms in total. The smallest absolute Gasteiger partial charge is 0.404 e. The summed E-state index contributed by atoms with van der Waals surface area (Å²) in [4.78, 5) is 12.8. The Morgan fingerprint density at radius 2 is 2.00 bits per heavy atom. The summed E-state index contributed by atoms with van der Waals surface area (Å²) in [6.45, 7) is 0.391. The van der Waals surface area contributed by atoms with E-state index in [4.69, 9.17) is 5.11 Å². The van der Waals surface area contributed by atoms with Gasteiger partial charge in [-0.25, -0.2) is 4.79 Å². The highest BCUT2D eigenvalue weighted by Gasteiger charge is 2.36. The highest BCUT2D eigenvalue weighted by Crippen LogP contribution is 2.52. The number of nitrogens with one attached hydrogen (secondary N) is 1. The number of nitrogens with zero attached hydrogens (tertiary/aromatic N) is 1. The SMILES string of the molecule is CN(C)c1ccc(CNC(=O)O)c2c1C1C=CC2C1.